The first kappa shape index (κ1) is 11.7. The third-order valence-corrected chi connectivity index (χ3v) is 2.86. The summed E-state index contributed by atoms with van der Waals surface area (Å²) in [5.41, 5.74) is 5.78. The van der Waals surface area contributed by atoms with Gasteiger partial charge in [0.2, 0.25) is 0 Å². The lowest BCUT2D eigenvalue weighted by molar-refractivity contribution is 0.0789. The molecule has 0 saturated carbocycles. The maximum atomic E-state index is 11.7. The predicted octanol–water partition coefficient (Wildman–Crippen LogP) is 1.37. The smallest absolute Gasteiger partial charge is 0.415 e. The van der Waals surface area contributed by atoms with E-state index in [1.54, 1.807) is 24.1 Å². The molecule has 0 radical (unpaired) electrons. The minimum Gasteiger partial charge on any atom is -0.497 e. The van der Waals surface area contributed by atoms with Crippen LogP contribution < -0.4 is 15.4 Å². The van der Waals surface area contributed by atoms with Gasteiger partial charge in [0, 0.05) is 12.2 Å². The zero-order valence-electron chi connectivity index (χ0n) is 9.97. The topological polar surface area (TPSA) is 64.8 Å². The van der Waals surface area contributed by atoms with Crippen LogP contribution in [0.2, 0.25) is 0 Å². The van der Waals surface area contributed by atoms with Crippen LogP contribution in [-0.4, -0.2) is 31.9 Å². The summed E-state index contributed by atoms with van der Waals surface area (Å²) in [7, 11) is 1.60. The second-order valence-electron chi connectivity index (χ2n) is 4.31. The molecule has 0 aromatic heterocycles. The number of nitrogens with zero attached hydrogens (tertiary/aromatic N) is 1. The van der Waals surface area contributed by atoms with Crippen molar-refractivity contribution in [2.24, 2.45) is 5.73 Å². The summed E-state index contributed by atoms with van der Waals surface area (Å²) < 4.78 is 10.3. The lowest BCUT2D eigenvalue weighted by Crippen LogP contribution is -2.38. The highest BCUT2D eigenvalue weighted by Gasteiger charge is 2.40. The van der Waals surface area contributed by atoms with E-state index >= 15 is 0 Å². The van der Waals surface area contributed by atoms with Crippen LogP contribution in [0.4, 0.5) is 10.5 Å². The van der Waals surface area contributed by atoms with Gasteiger partial charge in [0.15, 0.2) is 0 Å². The van der Waals surface area contributed by atoms with Crippen LogP contribution in [0.3, 0.4) is 0 Å². The van der Waals surface area contributed by atoms with E-state index < -0.39 is 5.60 Å². The van der Waals surface area contributed by atoms with Crippen molar-refractivity contribution in [2.75, 3.05) is 25.1 Å². The van der Waals surface area contributed by atoms with Crippen molar-refractivity contribution in [3.8, 4) is 5.75 Å². The Kier molecular flexibility index (Phi) is 2.93. The van der Waals surface area contributed by atoms with Gasteiger partial charge in [-0.15, -0.1) is 0 Å². The average molecular weight is 236 g/mol. The molecule has 5 heteroatoms. The summed E-state index contributed by atoms with van der Waals surface area (Å²) in [4.78, 5) is 13.3. The van der Waals surface area contributed by atoms with Crippen LogP contribution in [-0.2, 0) is 4.74 Å². The Morgan fingerprint density at radius 2 is 2.12 bits per heavy atom. The maximum Gasteiger partial charge on any atom is 0.415 e. The van der Waals surface area contributed by atoms with Crippen molar-refractivity contribution < 1.29 is 14.3 Å². The van der Waals surface area contributed by atoms with Crippen LogP contribution in [0.5, 0.6) is 5.75 Å². The van der Waals surface area contributed by atoms with Crippen molar-refractivity contribution in [1.82, 2.24) is 0 Å². The van der Waals surface area contributed by atoms with Crippen LogP contribution in [0.25, 0.3) is 0 Å². The van der Waals surface area contributed by atoms with E-state index in [9.17, 15) is 4.79 Å². The zero-order valence-corrected chi connectivity index (χ0v) is 9.97. The largest absolute Gasteiger partial charge is 0.497 e. The summed E-state index contributed by atoms with van der Waals surface area (Å²) in [6.45, 7) is 2.61. The Balaban J connectivity index is 2.20. The van der Waals surface area contributed by atoms with Crippen LogP contribution in [0.15, 0.2) is 24.3 Å². The van der Waals surface area contributed by atoms with Crippen LogP contribution >= 0.6 is 0 Å². The molecule has 1 fully saturated rings. The van der Waals surface area contributed by atoms with Gasteiger partial charge in [-0.2, -0.15) is 0 Å². The molecule has 0 aliphatic carbocycles. The molecule has 1 aromatic rings. The molecule has 0 bridgehead atoms. The first-order valence-electron chi connectivity index (χ1n) is 5.42. The fraction of sp³-hybridized carbons (Fsp3) is 0.417. The lowest BCUT2D eigenvalue weighted by Gasteiger charge is -2.19. The lowest BCUT2D eigenvalue weighted by atomic mass is 10.1. The summed E-state index contributed by atoms with van der Waals surface area (Å²) in [5, 5.41) is 0. The van der Waals surface area contributed by atoms with E-state index in [2.05, 4.69) is 0 Å². The van der Waals surface area contributed by atoms with Gasteiger partial charge in [-0.25, -0.2) is 4.79 Å². The molecule has 1 aliphatic rings. The van der Waals surface area contributed by atoms with E-state index in [0.717, 1.165) is 11.4 Å². The van der Waals surface area contributed by atoms with Crippen LogP contribution in [0.1, 0.15) is 6.92 Å². The quantitative estimate of drug-likeness (QED) is 0.860. The SMILES string of the molecule is COc1ccc(N2CC(C)(CN)OC2=O)cc1. The van der Waals surface area contributed by atoms with Crippen molar-refractivity contribution in [1.29, 1.82) is 0 Å². The monoisotopic (exact) mass is 236 g/mol. The number of cyclic esters (lactones) is 1. The van der Waals surface area contributed by atoms with E-state index in [1.807, 2.05) is 19.1 Å². The van der Waals surface area contributed by atoms with E-state index in [-0.39, 0.29) is 6.09 Å². The fourth-order valence-corrected chi connectivity index (χ4v) is 1.76. The Morgan fingerprint density at radius 3 is 2.59 bits per heavy atom. The molecule has 2 N–H and O–H groups in total. The molecular formula is C12H16N2O3. The molecule has 1 unspecified atom stereocenters. The third kappa shape index (κ3) is 2.19. The number of carbonyl (C=O) groups excluding carboxylic acids is 1. The number of rotatable bonds is 3. The number of benzene rings is 1. The molecule has 1 saturated heterocycles. The minimum absolute atomic E-state index is 0.311. The number of anilines is 1. The summed E-state index contributed by atoms with van der Waals surface area (Å²) in [5.74, 6) is 0.753. The number of carbonyl (C=O) groups is 1. The maximum absolute atomic E-state index is 11.7. The number of hydrogen-bond acceptors (Lipinski definition) is 4. The van der Waals surface area contributed by atoms with Gasteiger partial charge in [0.1, 0.15) is 11.4 Å². The van der Waals surface area contributed by atoms with E-state index in [0.29, 0.717) is 13.1 Å². The van der Waals surface area contributed by atoms with Crippen molar-refractivity contribution in [3.63, 3.8) is 0 Å². The van der Waals surface area contributed by atoms with Crippen molar-refractivity contribution in [2.45, 2.75) is 12.5 Å². The Labute approximate surface area is 100 Å². The predicted molar refractivity (Wildman–Crippen MR) is 64.3 cm³/mol. The highest BCUT2D eigenvalue weighted by molar-refractivity contribution is 5.90. The standard InChI is InChI=1S/C12H16N2O3/c1-12(7-13)8-14(11(15)17-12)9-3-5-10(16-2)6-4-9/h3-6H,7-8,13H2,1-2H3. The number of methoxy groups -OCH3 is 1. The van der Waals surface area contributed by atoms with Gasteiger partial charge >= 0.3 is 6.09 Å². The number of ether oxygens (including phenoxy) is 2. The Hall–Kier alpha value is -1.75. The number of amides is 1. The molecule has 1 aliphatic heterocycles. The molecule has 5 nitrogen and oxygen atoms in total. The molecule has 0 spiro atoms. The summed E-state index contributed by atoms with van der Waals surface area (Å²) in [6, 6.07) is 7.26. The van der Waals surface area contributed by atoms with Crippen molar-refractivity contribution >= 4 is 11.8 Å². The zero-order chi connectivity index (χ0) is 12.5. The van der Waals surface area contributed by atoms with Gasteiger partial charge in [-0.1, -0.05) is 0 Å². The van der Waals surface area contributed by atoms with Gasteiger partial charge in [0.05, 0.1) is 13.7 Å². The molecule has 1 amide bonds. The Morgan fingerprint density at radius 1 is 1.47 bits per heavy atom. The molecule has 1 aromatic carbocycles. The molecule has 1 heterocycles. The third-order valence-electron chi connectivity index (χ3n) is 2.86. The molecule has 1 atom stereocenters. The second-order valence-corrected chi connectivity index (χ2v) is 4.31. The molecule has 2 rings (SSSR count). The van der Waals surface area contributed by atoms with Gasteiger partial charge in [-0.05, 0) is 31.2 Å². The second kappa shape index (κ2) is 4.25. The molecular weight excluding hydrogens is 220 g/mol. The van der Waals surface area contributed by atoms with Crippen LogP contribution in [0, 0.1) is 0 Å². The Bertz CT molecular complexity index is 418. The first-order valence-corrected chi connectivity index (χ1v) is 5.42. The molecule has 17 heavy (non-hydrogen) atoms. The molecule has 92 valence electrons. The van der Waals surface area contributed by atoms with Gasteiger partial charge in [-0.3, -0.25) is 4.90 Å². The fourth-order valence-electron chi connectivity index (χ4n) is 1.76. The van der Waals surface area contributed by atoms with Gasteiger partial charge in [0.25, 0.3) is 0 Å². The summed E-state index contributed by atoms with van der Waals surface area (Å²) >= 11 is 0. The number of hydrogen-bond donors (Lipinski definition) is 1. The first-order chi connectivity index (χ1) is 8.08. The van der Waals surface area contributed by atoms with Gasteiger partial charge < -0.3 is 15.2 Å². The van der Waals surface area contributed by atoms with E-state index in [4.69, 9.17) is 15.2 Å². The summed E-state index contributed by atoms with van der Waals surface area (Å²) in [6.07, 6.45) is -0.358. The van der Waals surface area contributed by atoms with E-state index in [1.165, 1.54) is 0 Å². The average Bonchev–Trinajstić information content (AvgIpc) is 2.66. The number of nitrogens with two attached hydrogens (primary N) is 1. The normalized spacial score (nSPS) is 23.7. The van der Waals surface area contributed by atoms with Crippen molar-refractivity contribution in [3.05, 3.63) is 24.3 Å². The highest BCUT2D eigenvalue weighted by Crippen LogP contribution is 2.28. The minimum atomic E-state index is -0.600. The highest BCUT2D eigenvalue weighted by atomic mass is 16.6.